The summed E-state index contributed by atoms with van der Waals surface area (Å²) in [5.41, 5.74) is -1.91. The van der Waals surface area contributed by atoms with Crippen LogP contribution in [-0.2, 0) is 0 Å². The largest absolute Gasteiger partial charge is 0.393 e. The third-order valence-electron chi connectivity index (χ3n) is 9.10. The summed E-state index contributed by atoms with van der Waals surface area (Å²) in [5.74, 6) is 3.35. The highest BCUT2D eigenvalue weighted by atomic mass is 16.3. The van der Waals surface area contributed by atoms with Crippen LogP contribution in [0, 0.1) is 46.8 Å². The molecule has 4 nitrogen and oxygen atoms in total. The summed E-state index contributed by atoms with van der Waals surface area (Å²) in [4.78, 5) is 0. The molecular weight excluding hydrogens is 316 g/mol. The summed E-state index contributed by atoms with van der Waals surface area (Å²) in [6, 6.07) is 0. The lowest BCUT2D eigenvalue weighted by atomic mass is 9.43. The molecule has 0 aromatic heterocycles. The molecule has 0 radical (unpaired) electrons. The van der Waals surface area contributed by atoms with Crippen LogP contribution in [0.2, 0.25) is 0 Å². The van der Waals surface area contributed by atoms with E-state index in [2.05, 4.69) is 12.8 Å². The van der Waals surface area contributed by atoms with Crippen molar-refractivity contribution in [1.29, 1.82) is 0 Å². The SMILES string of the molecule is C#C[C@]1(O)[C@@H](O)CC2C3C(CC[C@@]21C)[C@@]1(C)CC[C@H](O)C[C@H]1C[C@H]3O. The Hall–Kier alpha value is -0.600. The van der Waals surface area contributed by atoms with Crippen LogP contribution in [0.4, 0.5) is 0 Å². The van der Waals surface area contributed by atoms with Crippen molar-refractivity contribution in [3.63, 3.8) is 0 Å². The lowest BCUT2D eigenvalue weighted by Gasteiger charge is -2.62. The highest BCUT2D eigenvalue weighted by Crippen LogP contribution is 2.68. The van der Waals surface area contributed by atoms with Gasteiger partial charge in [-0.15, -0.1) is 6.42 Å². The van der Waals surface area contributed by atoms with Gasteiger partial charge in [-0.2, -0.15) is 0 Å². The zero-order valence-electron chi connectivity index (χ0n) is 15.4. The molecule has 0 aromatic rings. The van der Waals surface area contributed by atoms with E-state index in [1.807, 2.05) is 6.92 Å². The predicted octanol–water partition coefficient (Wildman–Crippen LogP) is 1.70. The lowest BCUT2D eigenvalue weighted by Crippen LogP contribution is -2.60. The quantitative estimate of drug-likeness (QED) is 0.502. The van der Waals surface area contributed by atoms with Gasteiger partial charge in [-0.25, -0.2) is 0 Å². The van der Waals surface area contributed by atoms with E-state index in [0.717, 1.165) is 32.1 Å². The van der Waals surface area contributed by atoms with Gasteiger partial charge in [0.15, 0.2) is 5.60 Å². The first-order valence-corrected chi connectivity index (χ1v) is 9.91. The summed E-state index contributed by atoms with van der Waals surface area (Å²) in [5, 5.41) is 42.7. The fourth-order valence-electron chi connectivity index (χ4n) is 7.49. The van der Waals surface area contributed by atoms with Crippen LogP contribution >= 0.6 is 0 Å². The van der Waals surface area contributed by atoms with Gasteiger partial charge in [0.1, 0.15) is 0 Å². The molecule has 4 rings (SSSR count). The second kappa shape index (κ2) is 5.45. The van der Waals surface area contributed by atoms with Crippen molar-refractivity contribution in [2.45, 2.75) is 82.7 Å². The number of hydrogen-bond acceptors (Lipinski definition) is 4. The summed E-state index contributed by atoms with van der Waals surface area (Å²) in [7, 11) is 0. The molecule has 3 unspecified atom stereocenters. The first-order valence-electron chi connectivity index (χ1n) is 9.91. The zero-order chi connectivity index (χ0) is 18.2. The van der Waals surface area contributed by atoms with Gasteiger partial charge in [-0.05, 0) is 74.0 Å². The van der Waals surface area contributed by atoms with E-state index >= 15 is 0 Å². The first kappa shape index (κ1) is 17.8. The standard InChI is InChI=1S/C21H32O4/c1-4-21(25)17(24)11-15-18-14(6-8-20(15,21)3)19(2)7-5-13(22)9-12(19)10-16(18)23/h1,12-18,22-25H,5-11H2,2-3H3/t12-,13-,14?,15?,16+,17-,18?,19-,20-,21-/m0/s1. The molecule has 4 aliphatic rings. The van der Waals surface area contributed by atoms with Crippen molar-refractivity contribution in [2.75, 3.05) is 0 Å². The van der Waals surface area contributed by atoms with E-state index in [0.29, 0.717) is 24.7 Å². The van der Waals surface area contributed by atoms with E-state index in [1.54, 1.807) is 0 Å². The predicted molar refractivity (Wildman–Crippen MR) is 94.3 cm³/mol. The zero-order valence-corrected chi connectivity index (χ0v) is 15.4. The van der Waals surface area contributed by atoms with Crippen LogP contribution in [0.5, 0.6) is 0 Å². The van der Waals surface area contributed by atoms with Crippen LogP contribution in [0.25, 0.3) is 0 Å². The molecule has 0 saturated heterocycles. The second-order valence-electron chi connectivity index (χ2n) is 9.84. The Balaban J connectivity index is 1.72. The van der Waals surface area contributed by atoms with Crippen molar-refractivity contribution in [2.24, 2.45) is 34.5 Å². The molecule has 10 atom stereocenters. The van der Waals surface area contributed by atoms with Crippen LogP contribution in [0.1, 0.15) is 58.8 Å². The van der Waals surface area contributed by atoms with Crippen molar-refractivity contribution in [3.8, 4) is 12.3 Å². The van der Waals surface area contributed by atoms with Gasteiger partial charge in [-0.3, -0.25) is 0 Å². The molecule has 0 aromatic carbocycles. The Morgan fingerprint density at radius 2 is 1.68 bits per heavy atom. The van der Waals surface area contributed by atoms with Gasteiger partial charge in [0, 0.05) is 5.41 Å². The van der Waals surface area contributed by atoms with Crippen molar-refractivity contribution >= 4 is 0 Å². The maximum absolute atomic E-state index is 11.0. The molecule has 4 saturated carbocycles. The average molecular weight is 348 g/mol. The molecule has 0 heterocycles. The van der Waals surface area contributed by atoms with E-state index in [4.69, 9.17) is 6.42 Å². The van der Waals surface area contributed by atoms with Gasteiger partial charge in [-0.1, -0.05) is 19.8 Å². The van der Waals surface area contributed by atoms with Gasteiger partial charge < -0.3 is 20.4 Å². The third kappa shape index (κ3) is 2.10. The average Bonchev–Trinajstić information content (AvgIpc) is 2.77. The molecule has 0 amide bonds. The monoisotopic (exact) mass is 348 g/mol. The third-order valence-corrected chi connectivity index (χ3v) is 9.10. The number of rotatable bonds is 0. The minimum atomic E-state index is -1.50. The van der Waals surface area contributed by atoms with Gasteiger partial charge in [0.2, 0.25) is 0 Å². The van der Waals surface area contributed by atoms with Crippen LogP contribution in [-0.4, -0.2) is 44.3 Å². The van der Waals surface area contributed by atoms with Gasteiger partial charge in [0.05, 0.1) is 18.3 Å². The maximum atomic E-state index is 11.0. The Morgan fingerprint density at radius 1 is 0.960 bits per heavy atom. The van der Waals surface area contributed by atoms with Crippen LogP contribution < -0.4 is 0 Å². The molecule has 4 heteroatoms. The summed E-state index contributed by atoms with van der Waals surface area (Å²) < 4.78 is 0. The summed E-state index contributed by atoms with van der Waals surface area (Å²) >= 11 is 0. The molecule has 4 fully saturated rings. The van der Waals surface area contributed by atoms with Gasteiger partial charge in [0.25, 0.3) is 0 Å². The van der Waals surface area contributed by atoms with E-state index in [9.17, 15) is 20.4 Å². The van der Waals surface area contributed by atoms with Gasteiger partial charge >= 0.3 is 0 Å². The van der Waals surface area contributed by atoms with Crippen molar-refractivity contribution in [1.82, 2.24) is 0 Å². The lowest BCUT2D eigenvalue weighted by molar-refractivity contribution is -0.186. The summed E-state index contributed by atoms with van der Waals surface area (Å²) in [6.45, 7) is 4.35. The molecular formula is C21H32O4. The number of aliphatic hydroxyl groups is 4. The summed E-state index contributed by atoms with van der Waals surface area (Å²) in [6.07, 6.45) is 9.57. The fourth-order valence-corrected chi connectivity index (χ4v) is 7.49. The fraction of sp³-hybridized carbons (Fsp3) is 0.905. The minimum absolute atomic E-state index is 0.0434. The van der Waals surface area contributed by atoms with E-state index in [1.165, 1.54) is 0 Å². The molecule has 0 aliphatic heterocycles. The molecule has 4 N–H and O–H groups in total. The van der Waals surface area contributed by atoms with Crippen LogP contribution in [0.15, 0.2) is 0 Å². The second-order valence-corrected chi connectivity index (χ2v) is 9.84. The normalized spacial score (nSPS) is 60.9. The number of aliphatic hydroxyl groups excluding tert-OH is 3. The molecule has 4 aliphatic carbocycles. The Kier molecular flexibility index (Phi) is 3.88. The first-order chi connectivity index (χ1) is 11.7. The molecule has 0 bridgehead atoms. The number of terminal acetylenes is 1. The van der Waals surface area contributed by atoms with Crippen molar-refractivity contribution in [3.05, 3.63) is 0 Å². The molecule has 25 heavy (non-hydrogen) atoms. The maximum Gasteiger partial charge on any atom is 0.156 e. The van der Waals surface area contributed by atoms with E-state index in [-0.39, 0.29) is 23.4 Å². The Bertz CT molecular complexity index is 599. The van der Waals surface area contributed by atoms with E-state index < -0.39 is 23.2 Å². The Morgan fingerprint density at radius 3 is 2.36 bits per heavy atom. The molecule has 0 spiro atoms. The highest BCUT2D eigenvalue weighted by Gasteiger charge is 2.68. The minimum Gasteiger partial charge on any atom is -0.393 e. The molecule has 140 valence electrons. The number of hydrogen-bond donors (Lipinski definition) is 4. The highest BCUT2D eigenvalue weighted by molar-refractivity contribution is 5.27. The topological polar surface area (TPSA) is 80.9 Å². The smallest absolute Gasteiger partial charge is 0.156 e. The van der Waals surface area contributed by atoms with Crippen LogP contribution in [0.3, 0.4) is 0 Å². The Labute approximate surface area is 150 Å². The van der Waals surface area contributed by atoms with Crippen molar-refractivity contribution < 1.29 is 20.4 Å². The number of fused-ring (bicyclic) bond motifs is 5.